The maximum absolute atomic E-state index is 13.4. The van der Waals surface area contributed by atoms with E-state index in [0.29, 0.717) is 17.6 Å². The number of rotatable bonds is 6. The summed E-state index contributed by atoms with van der Waals surface area (Å²) in [7, 11) is 0. The SMILES string of the molecule is NC(C(=O)Nc1ccc2[nH]nc(-c3cc(C(F)(F)F)cc(C(F)(F)F)c3)c2c1)C(c1ccccc1)c1ccccc1. The van der Waals surface area contributed by atoms with E-state index in [4.69, 9.17) is 5.73 Å². The molecule has 0 aliphatic carbocycles. The standard InChI is InChI=1S/C30H22F6N4O/c31-29(32,33)20-13-19(14-21(15-20)30(34,35)36)27-23-16-22(11-12-24(23)39-40-27)38-28(41)26(37)25(17-7-3-1-4-8-17)18-9-5-2-6-10-18/h1-16,25-26H,37H2,(H,38,41)(H,39,40). The highest BCUT2D eigenvalue weighted by Gasteiger charge is 2.37. The lowest BCUT2D eigenvalue weighted by Crippen LogP contribution is -2.41. The normalized spacial score (nSPS) is 13.0. The molecule has 1 atom stereocenters. The number of nitrogens with two attached hydrogens (primary N) is 1. The molecule has 5 aromatic rings. The third-order valence-electron chi connectivity index (χ3n) is 6.67. The van der Waals surface area contributed by atoms with Crippen LogP contribution in [0.2, 0.25) is 0 Å². The number of halogens is 6. The van der Waals surface area contributed by atoms with Crippen molar-refractivity contribution in [3.05, 3.63) is 119 Å². The highest BCUT2D eigenvalue weighted by atomic mass is 19.4. The topological polar surface area (TPSA) is 83.8 Å². The number of alkyl halides is 6. The van der Waals surface area contributed by atoms with Gasteiger partial charge in [-0.1, -0.05) is 60.7 Å². The summed E-state index contributed by atoms with van der Waals surface area (Å²) in [6, 6.07) is 23.2. The lowest BCUT2D eigenvalue weighted by Gasteiger charge is -2.24. The zero-order chi connectivity index (χ0) is 29.4. The molecule has 0 spiro atoms. The van der Waals surface area contributed by atoms with Crippen LogP contribution in [0.4, 0.5) is 32.0 Å². The summed E-state index contributed by atoms with van der Waals surface area (Å²) in [5, 5.41) is 9.54. The number of nitrogens with zero attached hydrogens (tertiary/aromatic N) is 1. The van der Waals surface area contributed by atoms with Gasteiger partial charge >= 0.3 is 12.4 Å². The maximum Gasteiger partial charge on any atom is 0.416 e. The molecule has 1 unspecified atom stereocenters. The van der Waals surface area contributed by atoms with Crippen molar-refractivity contribution in [3.8, 4) is 11.3 Å². The van der Waals surface area contributed by atoms with Crippen molar-refractivity contribution in [1.82, 2.24) is 10.2 Å². The molecule has 4 aromatic carbocycles. The zero-order valence-corrected chi connectivity index (χ0v) is 21.1. The molecule has 0 radical (unpaired) electrons. The molecule has 0 saturated heterocycles. The first kappa shape index (κ1) is 27.9. The number of hydrogen-bond acceptors (Lipinski definition) is 3. The van der Waals surface area contributed by atoms with Crippen LogP contribution in [-0.2, 0) is 17.1 Å². The summed E-state index contributed by atoms with van der Waals surface area (Å²) in [4.78, 5) is 13.3. The third-order valence-corrected chi connectivity index (χ3v) is 6.67. The fourth-order valence-electron chi connectivity index (χ4n) is 4.71. The smallest absolute Gasteiger partial charge is 0.325 e. The summed E-state index contributed by atoms with van der Waals surface area (Å²) in [5.41, 5.74) is 5.25. The predicted molar refractivity (Wildman–Crippen MR) is 143 cm³/mol. The number of anilines is 1. The number of H-pyrrole nitrogens is 1. The van der Waals surface area contributed by atoms with Gasteiger partial charge in [0.15, 0.2) is 0 Å². The molecule has 5 nitrogen and oxygen atoms in total. The van der Waals surface area contributed by atoms with Gasteiger partial charge in [0.05, 0.1) is 22.7 Å². The van der Waals surface area contributed by atoms with Crippen LogP contribution < -0.4 is 11.1 Å². The average molecular weight is 569 g/mol. The van der Waals surface area contributed by atoms with Gasteiger partial charge in [0.2, 0.25) is 5.91 Å². The number of aromatic nitrogens is 2. The Labute approximate surface area is 230 Å². The molecular weight excluding hydrogens is 546 g/mol. The molecule has 0 fully saturated rings. The molecule has 41 heavy (non-hydrogen) atoms. The predicted octanol–water partition coefficient (Wildman–Crippen LogP) is 7.37. The summed E-state index contributed by atoms with van der Waals surface area (Å²) < 4.78 is 80.6. The van der Waals surface area contributed by atoms with Gasteiger partial charge < -0.3 is 11.1 Å². The summed E-state index contributed by atoms with van der Waals surface area (Å²) in [5.74, 6) is -1.03. The van der Waals surface area contributed by atoms with Crippen molar-refractivity contribution in [3.63, 3.8) is 0 Å². The lowest BCUT2D eigenvalue weighted by atomic mass is 9.85. The van der Waals surface area contributed by atoms with E-state index in [0.717, 1.165) is 11.1 Å². The van der Waals surface area contributed by atoms with Crippen molar-refractivity contribution in [2.24, 2.45) is 5.73 Å². The number of fused-ring (bicyclic) bond motifs is 1. The molecule has 11 heteroatoms. The van der Waals surface area contributed by atoms with Crippen LogP contribution in [0.25, 0.3) is 22.2 Å². The van der Waals surface area contributed by atoms with Gasteiger partial charge in [-0.15, -0.1) is 0 Å². The number of benzene rings is 4. The monoisotopic (exact) mass is 568 g/mol. The Bertz CT molecular complexity index is 1610. The van der Waals surface area contributed by atoms with E-state index in [9.17, 15) is 31.1 Å². The van der Waals surface area contributed by atoms with E-state index in [-0.39, 0.29) is 28.4 Å². The Hall–Kier alpha value is -4.64. The molecule has 0 aliphatic heterocycles. The van der Waals surface area contributed by atoms with Gasteiger partial charge in [-0.05, 0) is 47.5 Å². The molecule has 0 saturated carbocycles. The number of amides is 1. The second-order valence-electron chi connectivity index (χ2n) is 9.44. The molecule has 1 heterocycles. The van der Waals surface area contributed by atoms with Crippen molar-refractivity contribution in [2.75, 3.05) is 5.32 Å². The Morgan fingerprint density at radius 2 is 1.29 bits per heavy atom. The second-order valence-corrected chi connectivity index (χ2v) is 9.44. The Morgan fingerprint density at radius 1 is 0.756 bits per heavy atom. The van der Waals surface area contributed by atoms with Crippen molar-refractivity contribution >= 4 is 22.5 Å². The molecule has 210 valence electrons. The fourth-order valence-corrected chi connectivity index (χ4v) is 4.71. The van der Waals surface area contributed by atoms with Gasteiger partial charge in [-0.2, -0.15) is 31.4 Å². The molecule has 4 N–H and O–H groups in total. The van der Waals surface area contributed by atoms with Crippen LogP contribution in [0.15, 0.2) is 97.1 Å². The molecular formula is C30H22F6N4O. The Kier molecular flexibility index (Phi) is 7.31. The number of hydrogen-bond donors (Lipinski definition) is 3. The zero-order valence-electron chi connectivity index (χ0n) is 21.1. The lowest BCUT2D eigenvalue weighted by molar-refractivity contribution is -0.143. The van der Waals surface area contributed by atoms with Gasteiger partial charge in [0, 0.05) is 22.6 Å². The van der Waals surface area contributed by atoms with Gasteiger partial charge in [0.1, 0.15) is 5.69 Å². The minimum Gasteiger partial charge on any atom is -0.325 e. The van der Waals surface area contributed by atoms with Crippen molar-refractivity contribution in [2.45, 2.75) is 24.3 Å². The van der Waals surface area contributed by atoms with Crippen molar-refractivity contribution < 1.29 is 31.1 Å². The molecule has 0 bridgehead atoms. The van der Waals surface area contributed by atoms with Crippen LogP contribution in [-0.4, -0.2) is 22.1 Å². The average Bonchev–Trinajstić information content (AvgIpc) is 3.36. The first-order valence-corrected chi connectivity index (χ1v) is 12.4. The Morgan fingerprint density at radius 3 is 1.80 bits per heavy atom. The molecule has 0 aliphatic rings. The highest BCUT2D eigenvalue weighted by molar-refractivity contribution is 6.00. The highest BCUT2D eigenvalue weighted by Crippen LogP contribution is 2.40. The minimum atomic E-state index is -5.01. The van der Waals surface area contributed by atoms with E-state index in [1.165, 1.54) is 18.2 Å². The van der Waals surface area contributed by atoms with Crippen LogP contribution in [0, 0.1) is 0 Å². The number of nitrogens with one attached hydrogen (secondary N) is 2. The first-order chi connectivity index (χ1) is 19.4. The van der Waals surface area contributed by atoms with Crippen LogP contribution in [0.1, 0.15) is 28.2 Å². The van der Waals surface area contributed by atoms with Gasteiger partial charge in [-0.25, -0.2) is 0 Å². The van der Waals surface area contributed by atoms with Gasteiger partial charge in [-0.3, -0.25) is 9.89 Å². The first-order valence-electron chi connectivity index (χ1n) is 12.4. The summed E-state index contributed by atoms with van der Waals surface area (Å²) >= 11 is 0. The number of carbonyl (C=O) groups is 1. The van der Waals surface area contributed by atoms with E-state index in [1.54, 1.807) is 0 Å². The summed E-state index contributed by atoms with van der Waals surface area (Å²) in [6.45, 7) is 0. The molecule has 1 aromatic heterocycles. The van der Waals surface area contributed by atoms with Crippen LogP contribution in [0.3, 0.4) is 0 Å². The number of aromatic amines is 1. The molecule has 1 amide bonds. The third kappa shape index (κ3) is 5.94. The summed E-state index contributed by atoms with van der Waals surface area (Å²) in [6.07, 6.45) is -10.0. The second kappa shape index (κ2) is 10.7. The Balaban J connectivity index is 1.49. The minimum absolute atomic E-state index is 0.0568. The maximum atomic E-state index is 13.4. The van der Waals surface area contributed by atoms with E-state index in [2.05, 4.69) is 15.5 Å². The fraction of sp³-hybridized carbons (Fsp3) is 0.133. The van der Waals surface area contributed by atoms with Gasteiger partial charge in [0.25, 0.3) is 0 Å². The molecule has 5 rings (SSSR count). The van der Waals surface area contributed by atoms with E-state index < -0.39 is 41.3 Å². The number of carbonyl (C=O) groups excluding carboxylic acids is 1. The quantitative estimate of drug-likeness (QED) is 0.187. The van der Waals surface area contributed by atoms with E-state index >= 15 is 0 Å². The van der Waals surface area contributed by atoms with Crippen LogP contribution in [0.5, 0.6) is 0 Å². The van der Waals surface area contributed by atoms with Crippen LogP contribution >= 0.6 is 0 Å². The largest absolute Gasteiger partial charge is 0.416 e. The van der Waals surface area contributed by atoms with E-state index in [1.807, 2.05) is 60.7 Å². The van der Waals surface area contributed by atoms with Crippen molar-refractivity contribution in [1.29, 1.82) is 0 Å².